The van der Waals surface area contributed by atoms with Crippen molar-refractivity contribution >= 4 is 21.8 Å². The van der Waals surface area contributed by atoms with Crippen LogP contribution in [-0.4, -0.2) is 30.9 Å². The second kappa shape index (κ2) is 4.87. The maximum Gasteiger partial charge on any atom is 0.133 e. The van der Waals surface area contributed by atoms with Crippen molar-refractivity contribution in [2.45, 2.75) is 12.8 Å². The number of amidine groups is 1. The number of nitrogens with one attached hydrogen (secondary N) is 1. The largest absolute Gasteiger partial charge is 0.496 e. The quantitative estimate of drug-likeness (QED) is 0.669. The molecule has 1 saturated heterocycles. The third-order valence-electron chi connectivity index (χ3n) is 2.85. The minimum atomic E-state index is 0.612. The van der Waals surface area contributed by atoms with E-state index in [4.69, 9.17) is 10.1 Å². The van der Waals surface area contributed by atoms with E-state index in [1.807, 2.05) is 18.2 Å². The van der Waals surface area contributed by atoms with Gasteiger partial charge in [-0.2, -0.15) is 0 Å². The first-order chi connectivity index (χ1) is 7.72. The maximum absolute atomic E-state index is 8.12. The lowest BCUT2D eigenvalue weighted by Crippen LogP contribution is -2.27. The van der Waals surface area contributed by atoms with E-state index in [0.29, 0.717) is 5.84 Å². The van der Waals surface area contributed by atoms with E-state index in [1.54, 1.807) is 7.11 Å². The van der Waals surface area contributed by atoms with Crippen LogP contribution in [0.3, 0.4) is 0 Å². The van der Waals surface area contributed by atoms with Crippen LogP contribution in [-0.2, 0) is 0 Å². The highest BCUT2D eigenvalue weighted by atomic mass is 79.9. The lowest BCUT2D eigenvalue weighted by molar-refractivity contribution is 0.412. The van der Waals surface area contributed by atoms with Crippen LogP contribution in [0.15, 0.2) is 22.7 Å². The first-order valence-electron chi connectivity index (χ1n) is 5.40. The molecule has 1 aromatic carbocycles. The Morgan fingerprint density at radius 2 is 2.06 bits per heavy atom. The summed E-state index contributed by atoms with van der Waals surface area (Å²) in [5.41, 5.74) is 0.939. The van der Waals surface area contributed by atoms with Crippen LogP contribution in [0.1, 0.15) is 18.4 Å². The van der Waals surface area contributed by atoms with Crippen LogP contribution in [0.25, 0.3) is 0 Å². The van der Waals surface area contributed by atoms with Gasteiger partial charge in [-0.1, -0.05) is 0 Å². The molecule has 1 aromatic rings. The average molecular weight is 283 g/mol. The Morgan fingerprint density at radius 1 is 1.38 bits per heavy atom. The molecule has 0 spiro atoms. The van der Waals surface area contributed by atoms with Crippen LogP contribution in [0.4, 0.5) is 0 Å². The fourth-order valence-corrected chi connectivity index (χ4v) is 2.48. The van der Waals surface area contributed by atoms with Gasteiger partial charge in [0, 0.05) is 18.7 Å². The zero-order valence-electron chi connectivity index (χ0n) is 9.29. The molecule has 0 aliphatic carbocycles. The van der Waals surface area contributed by atoms with Crippen LogP contribution in [0.5, 0.6) is 5.75 Å². The summed E-state index contributed by atoms with van der Waals surface area (Å²) in [5.74, 6) is 1.42. The summed E-state index contributed by atoms with van der Waals surface area (Å²) in [6, 6.07) is 5.77. The average Bonchev–Trinajstić information content (AvgIpc) is 2.81. The van der Waals surface area contributed by atoms with Crippen LogP contribution in [0, 0.1) is 5.41 Å². The molecule has 0 bridgehead atoms. The van der Waals surface area contributed by atoms with Crippen LogP contribution >= 0.6 is 15.9 Å². The fraction of sp³-hybridized carbons (Fsp3) is 0.417. The monoisotopic (exact) mass is 282 g/mol. The standard InChI is InChI=1S/C12H15BrN2O/c1-16-11-5-4-9(8-10(11)13)12(14)15-6-2-3-7-15/h4-5,8,14H,2-3,6-7H2,1H3. The second-order valence-electron chi connectivity index (χ2n) is 3.89. The number of ether oxygens (including phenoxy) is 1. The Hall–Kier alpha value is -1.03. The van der Waals surface area contributed by atoms with Crippen molar-refractivity contribution in [2.24, 2.45) is 0 Å². The molecule has 3 nitrogen and oxygen atoms in total. The van der Waals surface area contributed by atoms with E-state index in [-0.39, 0.29) is 0 Å². The summed E-state index contributed by atoms with van der Waals surface area (Å²) < 4.78 is 6.07. The molecular formula is C12H15BrN2O. The molecule has 16 heavy (non-hydrogen) atoms. The number of benzene rings is 1. The summed E-state index contributed by atoms with van der Waals surface area (Å²) in [6.07, 6.45) is 2.39. The SMILES string of the molecule is COc1ccc(C(=N)N2CCCC2)cc1Br. The van der Waals surface area contributed by atoms with Gasteiger partial charge in [-0.25, -0.2) is 0 Å². The molecule has 4 heteroatoms. The smallest absolute Gasteiger partial charge is 0.133 e. The molecule has 1 aliphatic rings. The van der Waals surface area contributed by atoms with Crippen LogP contribution < -0.4 is 4.74 Å². The fourth-order valence-electron chi connectivity index (χ4n) is 1.94. The predicted octanol–water partition coefficient (Wildman–Crippen LogP) is 2.88. The minimum Gasteiger partial charge on any atom is -0.496 e. The van der Waals surface area contributed by atoms with Gasteiger partial charge in [0.15, 0.2) is 0 Å². The van der Waals surface area contributed by atoms with Crippen molar-refractivity contribution in [3.8, 4) is 5.75 Å². The molecule has 1 aliphatic heterocycles. The van der Waals surface area contributed by atoms with E-state index in [0.717, 1.165) is 28.9 Å². The third kappa shape index (κ3) is 2.21. The van der Waals surface area contributed by atoms with Gasteiger partial charge in [0.2, 0.25) is 0 Å². The number of hydrogen-bond donors (Lipinski definition) is 1. The van der Waals surface area contributed by atoms with Gasteiger partial charge in [0.1, 0.15) is 11.6 Å². The maximum atomic E-state index is 8.12. The molecule has 0 aromatic heterocycles. The summed E-state index contributed by atoms with van der Waals surface area (Å²) >= 11 is 3.44. The van der Waals surface area contributed by atoms with Gasteiger partial charge < -0.3 is 9.64 Å². The topological polar surface area (TPSA) is 36.3 Å². The number of nitrogens with zero attached hydrogens (tertiary/aromatic N) is 1. The molecule has 2 rings (SSSR count). The minimum absolute atomic E-state index is 0.612. The molecule has 1 N–H and O–H groups in total. The highest BCUT2D eigenvalue weighted by Crippen LogP contribution is 2.26. The number of likely N-dealkylation sites (tertiary alicyclic amines) is 1. The Morgan fingerprint density at radius 3 is 2.62 bits per heavy atom. The highest BCUT2D eigenvalue weighted by molar-refractivity contribution is 9.10. The number of hydrogen-bond acceptors (Lipinski definition) is 2. The third-order valence-corrected chi connectivity index (χ3v) is 3.47. The number of halogens is 1. The molecule has 1 heterocycles. The van der Waals surface area contributed by atoms with Crippen molar-refractivity contribution in [1.82, 2.24) is 4.90 Å². The van der Waals surface area contributed by atoms with Crippen molar-refractivity contribution in [1.29, 1.82) is 5.41 Å². The van der Waals surface area contributed by atoms with E-state index < -0.39 is 0 Å². The van der Waals surface area contributed by atoms with Crippen molar-refractivity contribution in [2.75, 3.05) is 20.2 Å². The Bertz CT molecular complexity index is 400. The summed E-state index contributed by atoms with van der Waals surface area (Å²) in [6.45, 7) is 2.00. The van der Waals surface area contributed by atoms with Gasteiger partial charge in [-0.15, -0.1) is 0 Å². The van der Waals surface area contributed by atoms with Gasteiger partial charge in [0.25, 0.3) is 0 Å². The number of rotatable bonds is 2. The summed E-state index contributed by atoms with van der Waals surface area (Å²) in [7, 11) is 1.64. The Balaban J connectivity index is 2.20. The van der Waals surface area contributed by atoms with E-state index in [9.17, 15) is 0 Å². The first-order valence-corrected chi connectivity index (χ1v) is 6.19. The van der Waals surface area contributed by atoms with E-state index >= 15 is 0 Å². The van der Waals surface area contributed by atoms with Gasteiger partial charge >= 0.3 is 0 Å². The zero-order chi connectivity index (χ0) is 11.5. The van der Waals surface area contributed by atoms with Gasteiger partial charge in [-0.05, 0) is 47.0 Å². The van der Waals surface area contributed by atoms with Gasteiger partial charge in [0.05, 0.1) is 11.6 Å². The predicted molar refractivity (Wildman–Crippen MR) is 68.3 cm³/mol. The van der Waals surface area contributed by atoms with Crippen molar-refractivity contribution in [3.63, 3.8) is 0 Å². The second-order valence-corrected chi connectivity index (χ2v) is 4.75. The highest BCUT2D eigenvalue weighted by Gasteiger charge is 2.16. The zero-order valence-corrected chi connectivity index (χ0v) is 10.9. The molecule has 0 saturated carbocycles. The van der Waals surface area contributed by atoms with Crippen LogP contribution in [0.2, 0.25) is 0 Å². The van der Waals surface area contributed by atoms with E-state index in [2.05, 4.69) is 20.8 Å². The molecule has 0 radical (unpaired) electrons. The molecule has 0 unspecified atom stereocenters. The molecule has 86 valence electrons. The first kappa shape index (κ1) is 11.5. The lowest BCUT2D eigenvalue weighted by atomic mass is 10.2. The number of methoxy groups -OCH3 is 1. The Kier molecular flexibility index (Phi) is 3.49. The normalized spacial score (nSPS) is 15.2. The Labute approximate surface area is 104 Å². The molecule has 0 amide bonds. The van der Waals surface area contributed by atoms with E-state index in [1.165, 1.54) is 12.8 Å². The molecular weight excluding hydrogens is 268 g/mol. The van der Waals surface area contributed by atoms with Gasteiger partial charge in [-0.3, -0.25) is 5.41 Å². The van der Waals surface area contributed by atoms with Crippen molar-refractivity contribution < 1.29 is 4.74 Å². The molecule has 0 atom stereocenters. The lowest BCUT2D eigenvalue weighted by Gasteiger charge is -2.18. The summed E-state index contributed by atoms with van der Waals surface area (Å²) in [4.78, 5) is 2.12. The van der Waals surface area contributed by atoms with Crippen molar-refractivity contribution in [3.05, 3.63) is 28.2 Å². The molecule has 1 fully saturated rings. The summed E-state index contributed by atoms with van der Waals surface area (Å²) in [5, 5.41) is 8.12.